The highest BCUT2D eigenvalue weighted by Crippen LogP contribution is 2.59. The molecule has 0 radical (unpaired) electrons. The summed E-state index contributed by atoms with van der Waals surface area (Å²) < 4.78 is 30.0. The number of pyridine rings is 2. The Bertz CT molecular complexity index is 2410. The number of methoxy groups -OCH3 is 4. The molecule has 2 heterocycles. The maximum atomic E-state index is 13.9. The number of amides is 1. The Labute approximate surface area is 364 Å². The Balaban J connectivity index is 1.03. The van der Waals surface area contributed by atoms with Crippen molar-refractivity contribution in [2.24, 2.45) is 17.8 Å². The normalized spacial score (nSPS) is 18.3. The second kappa shape index (κ2) is 17.4. The molecule has 2 saturated carbocycles. The molecule has 1 amide bonds. The van der Waals surface area contributed by atoms with E-state index in [0.29, 0.717) is 52.9 Å². The first kappa shape index (κ1) is 42.1. The van der Waals surface area contributed by atoms with Gasteiger partial charge in [-0.1, -0.05) is 93.0 Å². The summed E-state index contributed by atoms with van der Waals surface area (Å²) in [6, 6.07) is 36.7. The van der Waals surface area contributed by atoms with Gasteiger partial charge in [-0.15, -0.1) is 0 Å². The van der Waals surface area contributed by atoms with Crippen LogP contribution in [-0.2, 0) is 22.3 Å². The Hall–Kier alpha value is -5.62. The second-order valence-electron chi connectivity index (χ2n) is 17.0. The quantitative estimate of drug-likeness (QED) is 0.0801. The van der Waals surface area contributed by atoms with Crippen molar-refractivity contribution < 1.29 is 28.2 Å². The first-order valence-electron chi connectivity index (χ1n) is 20.7. The van der Waals surface area contributed by atoms with Gasteiger partial charge in [0.15, 0.2) is 0 Å². The molecular weight excluding hydrogens is 804 g/mol. The van der Waals surface area contributed by atoms with Crippen LogP contribution in [0.4, 0.5) is 11.6 Å². The molecular formula is C49H53ClN4O6Si. The number of aromatic nitrogens is 2. The molecule has 2 atom stereocenters. The van der Waals surface area contributed by atoms with Crippen LogP contribution in [0, 0.1) is 17.8 Å². The standard InChI is InChI=1S/C49H53ClN4O6Si/c1-49(2,3)61(37-14-10-8-11-15-37,38-16-12-9-13-17-38)60-36-24-39-40(25-36)46(39)48(55)53-45-23-33-22-44(50)52-47(41(33)28-51-45)54(29-31-18-20-34(56-4)26-42(31)58-6)30-32-19-21-35(57-5)27-43(32)59-7/h8-23,26-28,36,39-40,46H,24-25,29-30H2,1-7H3,(H,51,53,55). The van der Waals surface area contributed by atoms with Crippen molar-refractivity contribution in [1.82, 2.24) is 9.97 Å². The highest BCUT2D eigenvalue weighted by Gasteiger charge is 2.62. The van der Waals surface area contributed by atoms with Crippen LogP contribution in [0.1, 0.15) is 44.7 Å². The van der Waals surface area contributed by atoms with Crippen LogP contribution in [0.3, 0.4) is 0 Å². The first-order valence-corrected chi connectivity index (χ1v) is 23.0. The summed E-state index contributed by atoms with van der Waals surface area (Å²) in [5.74, 6) is 4.26. The third-order valence-electron chi connectivity index (χ3n) is 12.4. The van der Waals surface area contributed by atoms with E-state index in [1.54, 1.807) is 40.7 Å². The van der Waals surface area contributed by atoms with Gasteiger partial charge < -0.3 is 33.6 Å². The number of hydrogen-bond acceptors (Lipinski definition) is 9. The van der Waals surface area contributed by atoms with E-state index in [1.165, 1.54) is 10.4 Å². The maximum absolute atomic E-state index is 13.9. The largest absolute Gasteiger partial charge is 0.497 e. The number of carbonyl (C=O) groups excluding carboxylic acids is 1. The molecule has 6 aromatic rings. The van der Waals surface area contributed by atoms with E-state index in [2.05, 4.69) is 91.7 Å². The number of fused-ring (bicyclic) bond motifs is 2. The molecule has 2 aliphatic rings. The first-order chi connectivity index (χ1) is 29.5. The Morgan fingerprint density at radius 3 is 1.79 bits per heavy atom. The third kappa shape index (κ3) is 8.39. The van der Waals surface area contributed by atoms with E-state index in [9.17, 15) is 4.79 Å². The lowest BCUT2D eigenvalue weighted by atomic mass is 10.1. The van der Waals surface area contributed by atoms with Crippen LogP contribution < -0.4 is 39.5 Å². The number of anilines is 2. The molecule has 10 nitrogen and oxygen atoms in total. The zero-order chi connectivity index (χ0) is 42.9. The summed E-state index contributed by atoms with van der Waals surface area (Å²) in [6.45, 7) is 7.74. The average Bonchev–Trinajstić information content (AvgIpc) is 3.79. The van der Waals surface area contributed by atoms with Crippen molar-refractivity contribution in [2.75, 3.05) is 38.7 Å². The fourth-order valence-electron chi connectivity index (χ4n) is 9.42. The highest BCUT2D eigenvalue weighted by molar-refractivity contribution is 6.99. The smallest absolute Gasteiger partial charge is 0.261 e. The van der Waals surface area contributed by atoms with Gasteiger partial charge in [0.1, 0.15) is 39.8 Å². The predicted molar refractivity (Wildman–Crippen MR) is 244 cm³/mol. The molecule has 0 saturated heterocycles. The maximum Gasteiger partial charge on any atom is 0.261 e. The average molecular weight is 858 g/mol. The Kier molecular flexibility index (Phi) is 12.0. The van der Waals surface area contributed by atoms with Gasteiger partial charge in [-0.2, -0.15) is 0 Å². The van der Waals surface area contributed by atoms with E-state index in [0.717, 1.165) is 34.7 Å². The van der Waals surface area contributed by atoms with Crippen molar-refractivity contribution in [1.29, 1.82) is 0 Å². The zero-order valence-corrected chi connectivity index (χ0v) is 37.5. The lowest BCUT2D eigenvalue weighted by Gasteiger charge is -2.45. The number of carbonyl (C=O) groups is 1. The molecule has 61 heavy (non-hydrogen) atoms. The third-order valence-corrected chi connectivity index (χ3v) is 17.7. The van der Waals surface area contributed by atoms with E-state index in [-0.39, 0.29) is 34.8 Å². The van der Waals surface area contributed by atoms with Gasteiger partial charge in [0.25, 0.3) is 8.32 Å². The van der Waals surface area contributed by atoms with Gasteiger partial charge in [-0.3, -0.25) is 4.79 Å². The Morgan fingerprint density at radius 1 is 0.754 bits per heavy atom. The summed E-state index contributed by atoms with van der Waals surface area (Å²) in [7, 11) is 3.84. The van der Waals surface area contributed by atoms with Crippen LogP contribution in [0.5, 0.6) is 23.0 Å². The molecule has 8 rings (SSSR count). The summed E-state index contributed by atoms with van der Waals surface area (Å²) in [4.78, 5) is 25.6. The van der Waals surface area contributed by atoms with Crippen LogP contribution in [-0.4, -0.2) is 58.7 Å². The zero-order valence-electron chi connectivity index (χ0n) is 35.8. The lowest BCUT2D eigenvalue weighted by Crippen LogP contribution is -2.67. The summed E-state index contributed by atoms with van der Waals surface area (Å²) in [6.07, 6.45) is 3.55. The van der Waals surface area contributed by atoms with E-state index in [4.69, 9.17) is 44.9 Å². The number of rotatable bonds is 15. The van der Waals surface area contributed by atoms with E-state index in [1.807, 2.05) is 42.5 Å². The molecule has 12 heteroatoms. The van der Waals surface area contributed by atoms with Crippen LogP contribution in [0.25, 0.3) is 10.8 Å². The number of halogens is 1. The minimum Gasteiger partial charge on any atom is -0.497 e. The topological polar surface area (TPSA) is 104 Å². The molecule has 2 aliphatic carbocycles. The number of nitrogens with zero attached hydrogens (tertiary/aromatic N) is 3. The molecule has 2 unspecified atom stereocenters. The monoisotopic (exact) mass is 856 g/mol. The minimum atomic E-state index is -2.69. The molecule has 1 N–H and O–H groups in total. The highest BCUT2D eigenvalue weighted by atomic mass is 35.5. The van der Waals surface area contributed by atoms with Gasteiger partial charge in [-0.25, -0.2) is 9.97 Å². The fourth-order valence-corrected chi connectivity index (χ4v) is 14.3. The van der Waals surface area contributed by atoms with Crippen molar-refractivity contribution in [3.63, 3.8) is 0 Å². The van der Waals surface area contributed by atoms with Gasteiger partial charge in [0.2, 0.25) is 5.91 Å². The molecule has 4 aromatic carbocycles. The number of benzene rings is 4. The van der Waals surface area contributed by atoms with Crippen LogP contribution >= 0.6 is 11.6 Å². The summed E-state index contributed by atoms with van der Waals surface area (Å²) in [5, 5.41) is 7.46. The van der Waals surface area contributed by atoms with Crippen LogP contribution in [0.2, 0.25) is 10.2 Å². The second-order valence-corrected chi connectivity index (χ2v) is 21.6. The number of ether oxygens (including phenoxy) is 4. The van der Waals surface area contributed by atoms with Crippen molar-refractivity contribution >= 4 is 58.6 Å². The minimum absolute atomic E-state index is 0.00838. The van der Waals surface area contributed by atoms with Crippen LogP contribution in [0.15, 0.2) is 115 Å². The predicted octanol–water partition coefficient (Wildman–Crippen LogP) is 9.06. The number of hydrogen-bond donors (Lipinski definition) is 1. The Morgan fingerprint density at radius 2 is 1.30 bits per heavy atom. The van der Waals surface area contributed by atoms with E-state index >= 15 is 0 Å². The molecule has 0 spiro atoms. The summed E-state index contributed by atoms with van der Waals surface area (Å²) >= 11 is 6.78. The molecule has 0 bridgehead atoms. The SMILES string of the molecule is COc1ccc(CN(Cc2ccc(OC)cc2OC)c2nc(Cl)cc3cc(NC(=O)C4C5CC(O[Si](c6ccccc6)(c6ccccc6)C(C)(C)C)CC54)ncc23)c(OC)c1. The molecule has 2 fully saturated rings. The summed E-state index contributed by atoms with van der Waals surface area (Å²) in [5.41, 5.74) is 1.83. The molecule has 316 valence electrons. The molecule has 0 aliphatic heterocycles. The van der Waals surface area contributed by atoms with Crippen molar-refractivity contribution in [3.8, 4) is 23.0 Å². The fraction of sp³-hybridized carbons (Fsp3) is 0.327. The van der Waals surface area contributed by atoms with Crippen molar-refractivity contribution in [2.45, 2.75) is 57.8 Å². The van der Waals surface area contributed by atoms with Gasteiger partial charge in [0, 0.05) is 60.0 Å². The lowest BCUT2D eigenvalue weighted by molar-refractivity contribution is -0.118. The number of nitrogens with one attached hydrogen (secondary N) is 1. The van der Waals surface area contributed by atoms with E-state index < -0.39 is 8.32 Å². The van der Waals surface area contributed by atoms with Gasteiger partial charge >= 0.3 is 0 Å². The van der Waals surface area contributed by atoms with Crippen molar-refractivity contribution in [3.05, 3.63) is 132 Å². The molecule has 2 aromatic heterocycles. The van der Waals surface area contributed by atoms with Gasteiger partial charge in [0.05, 0.1) is 28.4 Å². The van der Waals surface area contributed by atoms with Gasteiger partial charge in [-0.05, 0) is 81.9 Å².